The van der Waals surface area contributed by atoms with Gasteiger partial charge in [0, 0.05) is 24.9 Å². The summed E-state index contributed by atoms with van der Waals surface area (Å²) in [6.07, 6.45) is 10.1. The van der Waals surface area contributed by atoms with Gasteiger partial charge in [0.05, 0.1) is 0 Å². The van der Waals surface area contributed by atoms with Gasteiger partial charge in [-0.3, -0.25) is 0 Å². The fraction of sp³-hybridized carbons (Fsp3) is 1.00. The molecule has 0 aliphatic heterocycles. The van der Waals surface area contributed by atoms with Gasteiger partial charge in [-0.15, -0.1) is 0 Å². The SMILES string of the molecule is CC(NCCSCCCO)C12CC3CC(CC(C3)C1)C2. The first kappa shape index (κ1) is 15.2. The van der Waals surface area contributed by atoms with Gasteiger partial charge >= 0.3 is 0 Å². The largest absolute Gasteiger partial charge is 0.396 e. The molecule has 3 heteroatoms. The standard InChI is InChI=1S/C17H31NOS/c1-13(18-3-6-20-5-2-4-19)17-10-14-7-15(11-17)9-16(8-14)12-17/h13-16,18-19H,2-12H2,1H3. The van der Waals surface area contributed by atoms with Crippen molar-refractivity contribution in [2.45, 2.75) is 57.9 Å². The number of hydrogen-bond acceptors (Lipinski definition) is 3. The number of rotatable bonds is 8. The van der Waals surface area contributed by atoms with Crippen LogP contribution in [0.1, 0.15) is 51.9 Å². The van der Waals surface area contributed by atoms with E-state index >= 15 is 0 Å². The van der Waals surface area contributed by atoms with Gasteiger partial charge in [0.15, 0.2) is 0 Å². The molecular weight excluding hydrogens is 266 g/mol. The summed E-state index contributed by atoms with van der Waals surface area (Å²) in [7, 11) is 0. The summed E-state index contributed by atoms with van der Waals surface area (Å²) in [5.41, 5.74) is 0.643. The van der Waals surface area contributed by atoms with E-state index < -0.39 is 0 Å². The molecule has 1 atom stereocenters. The molecule has 1 unspecified atom stereocenters. The number of aliphatic hydroxyl groups is 1. The first-order valence-electron chi connectivity index (χ1n) is 8.64. The van der Waals surface area contributed by atoms with Gasteiger partial charge in [-0.2, -0.15) is 11.8 Å². The quantitative estimate of drug-likeness (QED) is 0.674. The van der Waals surface area contributed by atoms with Crippen molar-refractivity contribution in [3.63, 3.8) is 0 Å². The fourth-order valence-corrected chi connectivity index (χ4v) is 6.34. The normalized spacial score (nSPS) is 40.2. The average Bonchev–Trinajstić information content (AvgIpc) is 2.41. The molecule has 0 heterocycles. The van der Waals surface area contributed by atoms with Crippen LogP contribution in [0.15, 0.2) is 0 Å². The molecule has 20 heavy (non-hydrogen) atoms. The zero-order chi connectivity index (χ0) is 14.0. The van der Waals surface area contributed by atoms with Crippen LogP contribution in [-0.2, 0) is 0 Å². The van der Waals surface area contributed by atoms with Crippen LogP contribution in [0, 0.1) is 23.2 Å². The van der Waals surface area contributed by atoms with E-state index in [4.69, 9.17) is 5.11 Å². The van der Waals surface area contributed by atoms with Crippen molar-refractivity contribution >= 4 is 11.8 Å². The second-order valence-electron chi connectivity index (χ2n) is 7.65. The molecule has 0 aromatic rings. The number of hydrogen-bond donors (Lipinski definition) is 2. The maximum atomic E-state index is 8.78. The van der Waals surface area contributed by atoms with Gasteiger partial charge in [-0.25, -0.2) is 0 Å². The minimum atomic E-state index is 0.337. The summed E-state index contributed by atoms with van der Waals surface area (Å²) in [5, 5.41) is 12.6. The highest BCUT2D eigenvalue weighted by Gasteiger charge is 2.52. The molecule has 4 aliphatic rings. The van der Waals surface area contributed by atoms with Crippen LogP contribution < -0.4 is 5.32 Å². The van der Waals surface area contributed by atoms with Crippen molar-refractivity contribution in [2.75, 3.05) is 24.7 Å². The highest BCUT2D eigenvalue weighted by atomic mass is 32.2. The third-order valence-corrected chi connectivity index (χ3v) is 7.22. The molecule has 4 bridgehead atoms. The highest BCUT2D eigenvalue weighted by molar-refractivity contribution is 7.99. The van der Waals surface area contributed by atoms with E-state index in [1.54, 1.807) is 19.3 Å². The van der Waals surface area contributed by atoms with Crippen molar-refractivity contribution in [3.8, 4) is 0 Å². The molecule has 0 saturated heterocycles. The molecule has 0 aromatic heterocycles. The zero-order valence-electron chi connectivity index (χ0n) is 12.9. The second kappa shape index (κ2) is 6.58. The van der Waals surface area contributed by atoms with E-state index in [1.807, 2.05) is 11.8 Å². The van der Waals surface area contributed by atoms with E-state index in [0.717, 1.165) is 36.5 Å². The van der Waals surface area contributed by atoms with Crippen LogP contribution in [0.3, 0.4) is 0 Å². The lowest BCUT2D eigenvalue weighted by Gasteiger charge is -2.59. The number of nitrogens with one attached hydrogen (secondary N) is 1. The Hall–Kier alpha value is 0.270. The van der Waals surface area contributed by atoms with Crippen molar-refractivity contribution in [1.82, 2.24) is 5.32 Å². The van der Waals surface area contributed by atoms with Crippen molar-refractivity contribution in [2.24, 2.45) is 23.2 Å². The molecule has 4 fully saturated rings. The minimum Gasteiger partial charge on any atom is -0.396 e. The fourth-order valence-electron chi connectivity index (χ4n) is 5.54. The lowest BCUT2D eigenvalue weighted by atomic mass is 9.48. The van der Waals surface area contributed by atoms with Crippen LogP contribution in [0.5, 0.6) is 0 Å². The van der Waals surface area contributed by atoms with Crippen LogP contribution in [-0.4, -0.2) is 35.8 Å². The van der Waals surface area contributed by atoms with Crippen LogP contribution in [0.2, 0.25) is 0 Å². The zero-order valence-corrected chi connectivity index (χ0v) is 13.8. The molecule has 2 N–H and O–H groups in total. The Labute approximate surface area is 128 Å². The molecule has 4 saturated carbocycles. The van der Waals surface area contributed by atoms with E-state index in [2.05, 4.69) is 12.2 Å². The van der Waals surface area contributed by atoms with E-state index in [9.17, 15) is 0 Å². The van der Waals surface area contributed by atoms with E-state index in [1.165, 1.54) is 25.0 Å². The van der Waals surface area contributed by atoms with Crippen LogP contribution >= 0.6 is 11.8 Å². The Balaban J connectivity index is 1.44. The van der Waals surface area contributed by atoms with Crippen LogP contribution in [0.25, 0.3) is 0 Å². The summed E-state index contributed by atoms with van der Waals surface area (Å²) in [5.74, 6) is 5.47. The van der Waals surface area contributed by atoms with E-state index in [-0.39, 0.29) is 0 Å². The molecule has 0 aromatic carbocycles. The van der Waals surface area contributed by atoms with Crippen molar-refractivity contribution < 1.29 is 5.11 Å². The Morgan fingerprint density at radius 3 is 2.25 bits per heavy atom. The summed E-state index contributed by atoms with van der Waals surface area (Å²) in [6.45, 7) is 3.93. The smallest absolute Gasteiger partial charge is 0.0438 e. The Bertz CT molecular complexity index is 285. The van der Waals surface area contributed by atoms with Gasteiger partial charge in [-0.05, 0) is 80.8 Å². The summed E-state index contributed by atoms with van der Waals surface area (Å²) < 4.78 is 0. The molecule has 0 amide bonds. The first-order chi connectivity index (χ1) is 9.72. The first-order valence-corrected chi connectivity index (χ1v) is 9.79. The highest BCUT2D eigenvalue weighted by Crippen LogP contribution is 2.61. The predicted molar refractivity (Wildman–Crippen MR) is 87.1 cm³/mol. The van der Waals surface area contributed by atoms with Crippen molar-refractivity contribution in [3.05, 3.63) is 0 Å². The van der Waals surface area contributed by atoms with Gasteiger partial charge in [0.1, 0.15) is 0 Å². The second-order valence-corrected chi connectivity index (χ2v) is 8.87. The third kappa shape index (κ3) is 3.20. The predicted octanol–water partition coefficient (Wildman–Crippen LogP) is 3.30. The molecule has 4 aliphatic carbocycles. The number of thioether (sulfide) groups is 1. The molecule has 2 nitrogen and oxygen atoms in total. The summed E-state index contributed by atoms with van der Waals surface area (Å²) >= 11 is 1.97. The maximum absolute atomic E-state index is 8.78. The van der Waals surface area contributed by atoms with Crippen LogP contribution in [0.4, 0.5) is 0 Å². The molecule has 0 radical (unpaired) electrons. The monoisotopic (exact) mass is 297 g/mol. The third-order valence-electron chi connectivity index (χ3n) is 6.15. The van der Waals surface area contributed by atoms with Gasteiger partial charge in [-0.1, -0.05) is 0 Å². The Morgan fingerprint density at radius 2 is 1.70 bits per heavy atom. The average molecular weight is 298 g/mol. The lowest BCUT2D eigenvalue weighted by molar-refractivity contribution is -0.0700. The lowest BCUT2D eigenvalue weighted by Crippen LogP contribution is -2.55. The van der Waals surface area contributed by atoms with Crippen molar-refractivity contribution in [1.29, 1.82) is 0 Å². The molecule has 116 valence electrons. The van der Waals surface area contributed by atoms with E-state index in [0.29, 0.717) is 18.1 Å². The van der Waals surface area contributed by atoms with Gasteiger partial charge in [0.2, 0.25) is 0 Å². The summed E-state index contributed by atoms with van der Waals surface area (Å²) in [6, 6.07) is 0.703. The van der Waals surface area contributed by atoms with Gasteiger partial charge < -0.3 is 10.4 Å². The number of aliphatic hydroxyl groups excluding tert-OH is 1. The molecular formula is C17H31NOS. The molecule has 4 rings (SSSR count). The topological polar surface area (TPSA) is 32.3 Å². The maximum Gasteiger partial charge on any atom is 0.0438 e. The Kier molecular flexibility index (Phi) is 4.99. The molecule has 0 spiro atoms. The summed E-state index contributed by atoms with van der Waals surface area (Å²) in [4.78, 5) is 0. The van der Waals surface area contributed by atoms with Gasteiger partial charge in [0.25, 0.3) is 0 Å². The Morgan fingerprint density at radius 1 is 1.10 bits per heavy atom. The minimum absolute atomic E-state index is 0.337.